The number of carbonyl (C=O) groups excluding carboxylic acids is 1. The summed E-state index contributed by atoms with van der Waals surface area (Å²) >= 11 is 0. The Morgan fingerprint density at radius 2 is 2.22 bits per heavy atom. The average molecular weight is 314 g/mol. The number of hydrogen-bond donors (Lipinski definition) is 1. The predicted octanol–water partition coefficient (Wildman–Crippen LogP) is 2.78. The maximum atomic E-state index is 12.4. The molecule has 0 spiro atoms. The van der Waals surface area contributed by atoms with E-state index in [-0.39, 0.29) is 11.9 Å². The SMILES string of the molecule is Cc1nc([C@H]2CCCN(C(=O)NCc3ccccc3C)C2)no1. The number of benzene rings is 1. The first-order valence-electron chi connectivity index (χ1n) is 8.01. The number of carbonyl (C=O) groups is 1. The highest BCUT2D eigenvalue weighted by atomic mass is 16.5. The van der Waals surface area contributed by atoms with Gasteiger partial charge in [-0.3, -0.25) is 0 Å². The van der Waals surface area contributed by atoms with E-state index in [1.807, 2.05) is 23.1 Å². The summed E-state index contributed by atoms with van der Waals surface area (Å²) in [6.45, 7) is 5.79. The fourth-order valence-corrected chi connectivity index (χ4v) is 2.94. The Bertz CT molecular complexity index is 683. The van der Waals surface area contributed by atoms with Crippen LogP contribution in [0, 0.1) is 13.8 Å². The molecule has 3 rings (SSSR count). The van der Waals surface area contributed by atoms with E-state index in [1.54, 1.807) is 6.92 Å². The number of likely N-dealkylation sites (tertiary alicyclic amines) is 1. The van der Waals surface area contributed by atoms with Gasteiger partial charge in [0.25, 0.3) is 0 Å². The zero-order valence-electron chi connectivity index (χ0n) is 13.6. The highest BCUT2D eigenvalue weighted by Gasteiger charge is 2.27. The van der Waals surface area contributed by atoms with Crippen molar-refractivity contribution in [3.63, 3.8) is 0 Å². The van der Waals surface area contributed by atoms with Gasteiger partial charge >= 0.3 is 6.03 Å². The largest absolute Gasteiger partial charge is 0.340 e. The zero-order valence-corrected chi connectivity index (χ0v) is 13.6. The second kappa shape index (κ2) is 6.81. The number of nitrogens with one attached hydrogen (secondary N) is 1. The number of aromatic nitrogens is 2. The molecule has 122 valence electrons. The molecule has 6 nitrogen and oxygen atoms in total. The highest BCUT2D eigenvalue weighted by Crippen LogP contribution is 2.24. The first kappa shape index (κ1) is 15.5. The summed E-state index contributed by atoms with van der Waals surface area (Å²) in [5, 5.41) is 7.00. The number of nitrogens with zero attached hydrogens (tertiary/aromatic N) is 3. The topological polar surface area (TPSA) is 71.3 Å². The highest BCUT2D eigenvalue weighted by molar-refractivity contribution is 5.74. The molecule has 1 fully saturated rings. The molecule has 1 N–H and O–H groups in total. The van der Waals surface area contributed by atoms with Gasteiger partial charge in [0.15, 0.2) is 5.82 Å². The molecular weight excluding hydrogens is 292 g/mol. The third kappa shape index (κ3) is 3.70. The molecule has 1 aromatic carbocycles. The number of rotatable bonds is 3. The van der Waals surface area contributed by atoms with Gasteiger partial charge in [0.05, 0.1) is 0 Å². The van der Waals surface area contributed by atoms with Crippen molar-refractivity contribution in [3.05, 3.63) is 47.1 Å². The third-order valence-electron chi connectivity index (χ3n) is 4.31. The number of hydrogen-bond acceptors (Lipinski definition) is 4. The van der Waals surface area contributed by atoms with Crippen LogP contribution < -0.4 is 5.32 Å². The minimum Gasteiger partial charge on any atom is -0.340 e. The molecule has 0 radical (unpaired) electrons. The van der Waals surface area contributed by atoms with Crippen LogP contribution in [-0.4, -0.2) is 34.2 Å². The Labute approximate surface area is 135 Å². The lowest BCUT2D eigenvalue weighted by molar-refractivity contribution is 0.177. The molecule has 1 aromatic heterocycles. The normalized spacial score (nSPS) is 18.0. The van der Waals surface area contributed by atoms with Crippen LogP contribution >= 0.6 is 0 Å². The van der Waals surface area contributed by atoms with E-state index in [1.165, 1.54) is 5.56 Å². The van der Waals surface area contributed by atoms with Crippen molar-refractivity contribution in [1.82, 2.24) is 20.4 Å². The molecule has 1 saturated heterocycles. The maximum Gasteiger partial charge on any atom is 0.317 e. The van der Waals surface area contributed by atoms with Crippen molar-refractivity contribution >= 4 is 6.03 Å². The first-order valence-corrected chi connectivity index (χ1v) is 8.01. The predicted molar refractivity (Wildman–Crippen MR) is 86.0 cm³/mol. The van der Waals surface area contributed by atoms with Gasteiger partial charge in [0.2, 0.25) is 5.89 Å². The molecule has 1 atom stereocenters. The Morgan fingerprint density at radius 3 is 2.96 bits per heavy atom. The van der Waals surface area contributed by atoms with Crippen molar-refractivity contribution in [2.75, 3.05) is 13.1 Å². The van der Waals surface area contributed by atoms with Crippen LogP contribution in [0.4, 0.5) is 4.79 Å². The standard InChI is InChI=1S/C17H22N4O2/c1-12-6-3-4-7-14(12)10-18-17(22)21-9-5-8-15(11-21)16-19-13(2)23-20-16/h3-4,6-7,15H,5,8-11H2,1-2H3,(H,18,22)/t15-/m0/s1. The van der Waals surface area contributed by atoms with E-state index < -0.39 is 0 Å². The summed E-state index contributed by atoms with van der Waals surface area (Å²) in [7, 11) is 0. The molecule has 23 heavy (non-hydrogen) atoms. The lowest BCUT2D eigenvalue weighted by atomic mass is 9.97. The minimum absolute atomic E-state index is 0.0295. The Balaban J connectivity index is 1.58. The van der Waals surface area contributed by atoms with Gasteiger partial charge in [0.1, 0.15) is 0 Å². The van der Waals surface area contributed by atoms with E-state index in [0.29, 0.717) is 24.8 Å². The van der Waals surface area contributed by atoms with Crippen molar-refractivity contribution in [2.24, 2.45) is 0 Å². The molecule has 2 amide bonds. The van der Waals surface area contributed by atoms with Crippen LogP contribution in [0.2, 0.25) is 0 Å². The van der Waals surface area contributed by atoms with Gasteiger partial charge < -0.3 is 14.7 Å². The second-order valence-electron chi connectivity index (χ2n) is 6.04. The van der Waals surface area contributed by atoms with Crippen molar-refractivity contribution in [2.45, 2.75) is 39.2 Å². The van der Waals surface area contributed by atoms with Gasteiger partial charge in [-0.1, -0.05) is 29.4 Å². The molecule has 0 saturated carbocycles. The van der Waals surface area contributed by atoms with E-state index in [2.05, 4.69) is 28.4 Å². The number of aryl methyl sites for hydroxylation is 2. The lowest BCUT2D eigenvalue weighted by Gasteiger charge is -2.31. The summed E-state index contributed by atoms with van der Waals surface area (Å²) in [5.41, 5.74) is 2.33. The number of urea groups is 1. The smallest absolute Gasteiger partial charge is 0.317 e. The molecule has 0 unspecified atom stereocenters. The number of amides is 2. The van der Waals surface area contributed by atoms with Gasteiger partial charge in [-0.25, -0.2) is 4.79 Å². The van der Waals surface area contributed by atoms with Gasteiger partial charge in [-0.2, -0.15) is 4.98 Å². The summed E-state index contributed by atoms with van der Waals surface area (Å²) < 4.78 is 5.05. The second-order valence-corrected chi connectivity index (χ2v) is 6.04. The Morgan fingerprint density at radius 1 is 1.39 bits per heavy atom. The van der Waals surface area contributed by atoms with Crippen LogP contribution in [0.15, 0.2) is 28.8 Å². The summed E-state index contributed by atoms with van der Waals surface area (Å²) in [4.78, 5) is 18.6. The minimum atomic E-state index is -0.0295. The van der Waals surface area contributed by atoms with E-state index in [9.17, 15) is 4.79 Å². The molecule has 2 aromatic rings. The molecule has 1 aliphatic heterocycles. The van der Waals surface area contributed by atoms with Gasteiger partial charge in [0, 0.05) is 32.5 Å². The van der Waals surface area contributed by atoms with Crippen LogP contribution in [-0.2, 0) is 6.54 Å². The fourth-order valence-electron chi connectivity index (χ4n) is 2.94. The van der Waals surface area contributed by atoms with Gasteiger partial charge in [-0.15, -0.1) is 0 Å². The lowest BCUT2D eigenvalue weighted by Crippen LogP contribution is -2.44. The molecule has 2 heterocycles. The summed E-state index contributed by atoms with van der Waals surface area (Å²) in [6.07, 6.45) is 1.94. The van der Waals surface area contributed by atoms with Crippen LogP contribution in [0.5, 0.6) is 0 Å². The monoisotopic (exact) mass is 314 g/mol. The third-order valence-corrected chi connectivity index (χ3v) is 4.31. The molecule has 6 heteroatoms. The summed E-state index contributed by atoms with van der Waals surface area (Å²) in [6, 6.07) is 8.05. The van der Waals surface area contributed by atoms with E-state index in [0.717, 1.165) is 24.9 Å². The summed E-state index contributed by atoms with van der Waals surface area (Å²) in [5.74, 6) is 1.44. The van der Waals surface area contributed by atoms with Crippen LogP contribution in [0.25, 0.3) is 0 Å². The van der Waals surface area contributed by atoms with Crippen LogP contribution in [0.1, 0.15) is 41.6 Å². The van der Waals surface area contributed by atoms with E-state index >= 15 is 0 Å². The van der Waals surface area contributed by atoms with Crippen molar-refractivity contribution in [3.8, 4) is 0 Å². The van der Waals surface area contributed by atoms with Crippen molar-refractivity contribution in [1.29, 1.82) is 0 Å². The fraction of sp³-hybridized carbons (Fsp3) is 0.471. The molecular formula is C17H22N4O2. The average Bonchev–Trinajstić information content (AvgIpc) is 3.00. The quantitative estimate of drug-likeness (QED) is 0.945. The first-order chi connectivity index (χ1) is 11.1. The zero-order chi connectivity index (χ0) is 16.2. The molecule has 0 bridgehead atoms. The van der Waals surface area contributed by atoms with Gasteiger partial charge in [-0.05, 0) is 30.9 Å². The molecule has 0 aliphatic carbocycles. The maximum absolute atomic E-state index is 12.4. The van der Waals surface area contributed by atoms with Crippen molar-refractivity contribution < 1.29 is 9.32 Å². The van der Waals surface area contributed by atoms with E-state index in [4.69, 9.17) is 4.52 Å². The molecule has 1 aliphatic rings. The number of piperidine rings is 1. The Hall–Kier alpha value is -2.37. The Kier molecular flexibility index (Phi) is 4.60. The van der Waals surface area contributed by atoms with Crippen LogP contribution in [0.3, 0.4) is 0 Å².